The number of amides is 2. The average molecular weight is 564 g/mol. The number of hydrogen-bond donors (Lipinski definition) is 1. The topological polar surface area (TPSA) is 83.9 Å². The van der Waals surface area contributed by atoms with E-state index in [1.165, 1.54) is 64.2 Å². The summed E-state index contributed by atoms with van der Waals surface area (Å²) in [6.07, 6.45) is 15.6. The van der Waals surface area contributed by atoms with Gasteiger partial charge in [0.2, 0.25) is 5.91 Å². The van der Waals surface area contributed by atoms with Gasteiger partial charge in [-0.1, -0.05) is 133 Å². The number of aliphatic carboxylic acids is 1. The van der Waals surface area contributed by atoms with Crippen LogP contribution in [0.5, 0.6) is 0 Å². The minimum Gasteiger partial charge on any atom is -0.481 e. The number of carbonyl (C=O) groups is 3. The molecule has 1 aliphatic rings. The molecule has 2 aromatic rings. The smallest absolute Gasteiger partial charge is 0.416 e. The van der Waals surface area contributed by atoms with Gasteiger partial charge in [0.1, 0.15) is 6.61 Å². The van der Waals surface area contributed by atoms with Crippen molar-refractivity contribution in [3.05, 3.63) is 59.7 Å². The van der Waals surface area contributed by atoms with Gasteiger partial charge in [-0.05, 0) is 35.1 Å². The maximum atomic E-state index is 13.1. The normalized spacial score (nSPS) is 12.1. The second-order valence-corrected chi connectivity index (χ2v) is 11.3. The number of unbranched alkanes of at least 4 members (excludes halogenated alkanes) is 12. The first-order chi connectivity index (χ1) is 20.0. The molecule has 6 nitrogen and oxygen atoms in total. The lowest BCUT2D eigenvalue weighted by Crippen LogP contribution is -2.38. The highest BCUT2D eigenvalue weighted by Crippen LogP contribution is 2.44. The molecule has 0 radical (unpaired) electrons. The number of ether oxygens (including phenoxy) is 1. The third kappa shape index (κ3) is 10.6. The van der Waals surface area contributed by atoms with Crippen LogP contribution in [0.1, 0.15) is 127 Å². The summed E-state index contributed by atoms with van der Waals surface area (Å²) in [4.78, 5) is 38.3. The van der Waals surface area contributed by atoms with Crippen LogP contribution in [0.2, 0.25) is 0 Å². The van der Waals surface area contributed by atoms with Gasteiger partial charge in [0.25, 0.3) is 0 Å². The lowest BCUT2D eigenvalue weighted by molar-refractivity contribution is -0.138. The van der Waals surface area contributed by atoms with E-state index in [1.54, 1.807) is 0 Å². The van der Waals surface area contributed by atoms with Crippen LogP contribution in [0.4, 0.5) is 4.79 Å². The summed E-state index contributed by atoms with van der Waals surface area (Å²) < 4.78 is 5.72. The van der Waals surface area contributed by atoms with Crippen molar-refractivity contribution >= 4 is 18.0 Å². The van der Waals surface area contributed by atoms with Gasteiger partial charge in [0, 0.05) is 25.3 Å². The molecule has 0 fully saturated rings. The van der Waals surface area contributed by atoms with Gasteiger partial charge in [-0.15, -0.1) is 0 Å². The molecule has 0 aromatic heterocycles. The van der Waals surface area contributed by atoms with E-state index < -0.39 is 12.1 Å². The molecule has 2 aromatic carbocycles. The number of carbonyl (C=O) groups excluding carboxylic acids is 2. The summed E-state index contributed by atoms with van der Waals surface area (Å²) in [6.45, 7) is 2.44. The summed E-state index contributed by atoms with van der Waals surface area (Å²) in [6, 6.07) is 16.2. The molecular weight excluding hydrogens is 514 g/mol. The highest BCUT2D eigenvalue weighted by Gasteiger charge is 2.30. The zero-order valence-corrected chi connectivity index (χ0v) is 25.0. The Balaban J connectivity index is 1.41. The molecular formula is C35H49NO5. The summed E-state index contributed by atoms with van der Waals surface area (Å²) in [7, 11) is 0. The number of benzene rings is 2. The van der Waals surface area contributed by atoms with E-state index in [1.807, 2.05) is 24.3 Å². The highest BCUT2D eigenvalue weighted by atomic mass is 16.6. The second kappa shape index (κ2) is 18.3. The van der Waals surface area contributed by atoms with Crippen molar-refractivity contribution in [2.45, 2.75) is 116 Å². The number of carboxylic acids is 1. The third-order valence-corrected chi connectivity index (χ3v) is 8.12. The number of carboxylic acid groups (broad SMARTS) is 1. The van der Waals surface area contributed by atoms with E-state index in [-0.39, 0.29) is 44.2 Å². The SMILES string of the molecule is CCCCCCCCCCCCCCCC(=O)N(CCCC(=O)O)C(=O)OCC1c2ccccc2-c2ccccc21. The van der Waals surface area contributed by atoms with Crippen LogP contribution in [-0.4, -0.2) is 41.1 Å². The Kier molecular flexibility index (Phi) is 14.5. The number of rotatable bonds is 20. The first-order valence-electron chi connectivity index (χ1n) is 15.9. The summed E-state index contributed by atoms with van der Waals surface area (Å²) in [5, 5.41) is 9.05. The lowest BCUT2D eigenvalue weighted by atomic mass is 9.98. The predicted molar refractivity (Wildman–Crippen MR) is 164 cm³/mol. The minimum atomic E-state index is -0.943. The molecule has 0 unspecified atom stereocenters. The Labute approximate surface area is 246 Å². The van der Waals surface area contributed by atoms with E-state index in [2.05, 4.69) is 31.2 Å². The van der Waals surface area contributed by atoms with Crippen LogP contribution in [0.15, 0.2) is 48.5 Å². The van der Waals surface area contributed by atoms with E-state index in [4.69, 9.17) is 9.84 Å². The molecule has 0 atom stereocenters. The van der Waals surface area contributed by atoms with Crippen LogP contribution < -0.4 is 0 Å². The van der Waals surface area contributed by atoms with Gasteiger partial charge in [0.15, 0.2) is 0 Å². The van der Waals surface area contributed by atoms with Crippen molar-refractivity contribution in [1.29, 1.82) is 0 Å². The number of fused-ring (bicyclic) bond motifs is 3. The fourth-order valence-corrected chi connectivity index (χ4v) is 5.81. The Bertz CT molecular complexity index is 1050. The van der Waals surface area contributed by atoms with Crippen molar-refractivity contribution in [3.63, 3.8) is 0 Å². The molecule has 0 saturated carbocycles. The van der Waals surface area contributed by atoms with E-state index in [9.17, 15) is 14.4 Å². The molecule has 3 rings (SSSR count). The van der Waals surface area contributed by atoms with Crippen molar-refractivity contribution < 1.29 is 24.2 Å². The lowest BCUT2D eigenvalue weighted by Gasteiger charge is -2.22. The quantitative estimate of drug-likeness (QED) is 0.162. The maximum absolute atomic E-state index is 13.1. The standard InChI is InChI=1S/C35H49NO5/c1-2-3-4-5-6-7-8-9-10-11-12-13-14-24-33(37)36(26-19-25-34(38)39)35(40)41-27-32-30-22-17-15-20-28(30)29-21-16-18-23-31(29)32/h15-18,20-23,32H,2-14,19,24-27H2,1H3,(H,38,39). The average Bonchev–Trinajstić information content (AvgIpc) is 3.30. The van der Waals surface area contributed by atoms with Crippen LogP contribution in [-0.2, 0) is 14.3 Å². The molecule has 41 heavy (non-hydrogen) atoms. The van der Waals surface area contributed by atoms with Gasteiger partial charge in [-0.25, -0.2) is 9.69 Å². The highest BCUT2D eigenvalue weighted by molar-refractivity contribution is 5.92. The van der Waals surface area contributed by atoms with Gasteiger partial charge in [0.05, 0.1) is 0 Å². The van der Waals surface area contributed by atoms with Crippen LogP contribution in [0, 0.1) is 0 Å². The first-order valence-corrected chi connectivity index (χ1v) is 15.9. The van der Waals surface area contributed by atoms with E-state index in [0.717, 1.165) is 46.4 Å². The molecule has 2 amide bonds. The number of imide groups is 1. The molecule has 1 aliphatic carbocycles. The molecule has 224 valence electrons. The predicted octanol–water partition coefficient (Wildman–Crippen LogP) is 9.11. The van der Waals surface area contributed by atoms with Crippen LogP contribution >= 0.6 is 0 Å². The Hall–Kier alpha value is -3.15. The van der Waals surface area contributed by atoms with Gasteiger partial charge >= 0.3 is 12.1 Å². The molecule has 0 heterocycles. The fourth-order valence-electron chi connectivity index (χ4n) is 5.81. The second-order valence-electron chi connectivity index (χ2n) is 11.3. The number of hydrogen-bond acceptors (Lipinski definition) is 4. The third-order valence-electron chi connectivity index (χ3n) is 8.12. The van der Waals surface area contributed by atoms with E-state index in [0.29, 0.717) is 0 Å². The van der Waals surface area contributed by atoms with Gasteiger partial charge < -0.3 is 9.84 Å². The van der Waals surface area contributed by atoms with Crippen molar-refractivity contribution in [3.8, 4) is 11.1 Å². The van der Waals surface area contributed by atoms with Crippen LogP contribution in [0.25, 0.3) is 11.1 Å². The zero-order chi connectivity index (χ0) is 29.3. The molecule has 0 spiro atoms. The summed E-state index contributed by atoms with van der Waals surface area (Å²) >= 11 is 0. The van der Waals surface area contributed by atoms with Gasteiger partial charge in [-0.3, -0.25) is 9.59 Å². The minimum absolute atomic E-state index is 0.0558. The zero-order valence-electron chi connectivity index (χ0n) is 25.0. The molecule has 6 heteroatoms. The maximum Gasteiger partial charge on any atom is 0.416 e. The van der Waals surface area contributed by atoms with Crippen molar-refractivity contribution in [2.24, 2.45) is 0 Å². The van der Waals surface area contributed by atoms with E-state index >= 15 is 0 Å². The molecule has 1 N–H and O–H groups in total. The van der Waals surface area contributed by atoms with Gasteiger partial charge in [-0.2, -0.15) is 0 Å². The summed E-state index contributed by atoms with van der Waals surface area (Å²) in [5.74, 6) is -1.32. The monoisotopic (exact) mass is 563 g/mol. The Morgan fingerprint density at radius 2 is 1.17 bits per heavy atom. The fraction of sp³-hybridized carbons (Fsp3) is 0.571. The Morgan fingerprint density at radius 3 is 1.68 bits per heavy atom. The van der Waals surface area contributed by atoms with Crippen molar-refractivity contribution in [2.75, 3.05) is 13.2 Å². The molecule has 0 bridgehead atoms. The van der Waals surface area contributed by atoms with Crippen molar-refractivity contribution in [1.82, 2.24) is 4.90 Å². The molecule has 0 saturated heterocycles. The summed E-state index contributed by atoms with van der Waals surface area (Å²) in [5.41, 5.74) is 4.50. The largest absolute Gasteiger partial charge is 0.481 e. The first kappa shape index (κ1) is 32.4. The Morgan fingerprint density at radius 1 is 0.683 bits per heavy atom. The van der Waals surface area contributed by atoms with Crippen LogP contribution in [0.3, 0.4) is 0 Å². The number of nitrogens with zero attached hydrogens (tertiary/aromatic N) is 1. The molecule has 0 aliphatic heterocycles.